The number of nitro benzene ring substituents is 1. The molecule has 0 aliphatic heterocycles. The van der Waals surface area contributed by atoms with Gasteiger partial charge in [0.1, 0.15) is 5.75 Å². The van der Waals surface area contributed by atoms with Crippen LogP contribution in [0.3, 0.4) is 0 Å². The number of nitro groups is 1. The van der Waals surface area contributed by atoms with Crippen molar-refractivity contribution in [1.29, 1.82) is 0 Å². The summed E-state index contributed by atoms with van der Waals surface area (Å²) in [6.07, 6.45) is 3.22. The van der Waals surface area contributed by atoms with Crippen molar-refractivity contribution in [2.45, 2.75) is 83.0 Å². The van der Waals surface area contributed by atoms with Crippen LogP contribution in [0.5, 0.6) is 5.75 Å². The molecule has 0 amide bonds. The minimum atomic E-state index is -3.96. The zero-order valence-corrected chi connectivity index (χ0v) is 22.0. The summed E-state index contributed by atoms with van der Waals surface area (Å²) < 4.78 is 33.6. The molecule has 0 saturated heterocycles. The van der Waals surface area contributed by atoms with E-state index in [2.05, 4.69) is 64.5 Å². The smallest absolute Gasteiger partial charge is 0.289 e. The first kappa shape index (κ1) is 27.8. The first-order valence-corrected chi connectivity index (χ1v) is 13.3. The van der Waals surface area contributed by atoms with Gasteiger partial charge in [-0.1, -0.05) is 65.8 Å². The van der Waals surface area contributed by atoms with Crippen LogP contribution in [-0.2, 0) is 20.9 Å². The van der Waals surface area contributed by atoms with E-state index < -0.39 is 20.6 Å². The van der Waals surface area contributed by atoms with E-state index in [4.69, 9.17) is 4.74 Å². The van der Waals surface area contributed by atoms with Crippen molar-refractivity contribution in [3.63, 3.8) is 0 Å². The molecule has 0 radical (unpaired) electrons. The Morgan fingerprint density at radius 3 is 2.24 bits per heavy atom. The number of nitrogens with one attached hydrogen (secondary N) is 1. The lowest BCUT2D eigenvalue weighted by molar-refractivity contribution is -0.387. The molecule has 0 aliphatic carbocycles. The molecule has 0 aliphatic rings. The van der Waals surface area contributed by atoms with E-state index in [1.165, 1.54) is 35.4 Å². The van der Waals surface area contributed by atoms with E-state index in [1.54, 1.807) is 0 Å². The monoisotopic (exact) mass is 490 g/mol. The van der Waals surface area contributed by atoms with Gasteiger partial charge in [-0.05, 0) is 54.2 Å². The van der Waals surface area contributed by atoms with Crippen LogP contribution >= 0.6 is 0 Å². The van der Waals surface area contributed by atoms with Crippen molar-refractivity contribution in [3.8, 4) is 5.75 Å². The third-order valence-corrected chi connectivity index (χ3v) is 8.24. The Kier molecular flexibility index (Phi) is 9.25. The van der Waals surface area contributed by atoms with Gasteiger partial charge in [-0.15, -0.1) is 0 Å². The van der Waals surface area contributed by atoms with Gasteiger partial charge >= 0.3 is 0 Å². The summed E-state index contributed by atoms with van der Waals surface area (Å²) in [5.41, 5.74) is 2.10. The number of para-hydroxylation sites is 1. The normalized spacial score (nSPS) is 12.5. The molecule has 8 heteroatoms. The molecule has 0 aromatic heterocycles. The average molecular weight is 491 g/mol. The fourth-order valence-electron chi connectivity index (χ4n) is 3.53. The summed E-state index contributed by atoms with van der Waals surface area (Å²) in [7, 11) is -3.96. The summed E-state index contributed by atoms with van der Waals surface area (Å²) in [6.45, 7) is 13.9. The second kappa shape index (κ2) is 11.3. The highest BCUT2D eigenvalue weighted by Crippen LogP contribution is 2.38. The zero-order chi connectivity index (χ0) is 25.6. The Morgan fingerprint density at radius 1 is 0.971 bits per heavy atom. The fourth-order valence-corrected chi connectivity index (χ4v) is 4.77. The van der Waals surface area contributed by atoms with Crippen LogP contribution in [0.25, 0.3) is 0 Å². The van der Waals surface area contributed by atoms with Crippen molar-refractivity contribution < 1.29 is 18.1 Å². The van der Waals surface area contributed by atoms with Gasteiger partial charge in [0.2, 0.25) is 10.0 Å². The summed E-state index contributed by atoms with van der Waals surface area (Å²) in [5, 5.41) is 11.1. The Labute approximate surface area is 204 Å². The summed E-state index contributed by atoms with van der Waals surface area (Å²) in [4.78, 5) is 10.1. The molecule has 2 rings (SSSR count). The Balaban J connectivity index is 1.99. The third kappa shape index (κ3) is 6.79. The SMILES string of the molecule is CCC(C)(C)c1ccc(OCCCCNS(=O)(=O)c2ccccc2[N+](=O)[O-])c(C(C)(C)CC)c1. The van der Waals surface area contributed by atoms with Crippen LogP contribution in [0.15, 0.2) is 47.4 Å². The molecule has 0 fully saturated rings. The van der Waals surface area contributed by atoms with Crippen molar-refractivity contribution in [3.05, 3.63) is 63.7 Å². The molecule has 0 heterocycles. The number of sulfonamides is 1. The van der Waals surface area contributed by atoms with Crippen LogP contribution in [-0.4, -0.2) is 26.5 Å². The van der Waals surface area contributed by atoms with Crippen LogP contribution in [0, 0.1) is 10.1 Å². The van der Waals surface area contributed by atoms with Gasteiger partial charge in [-0.25, -0.2) is 13.1 Å². The number of rotatable bonds is 13. The van der Waals surface area contributed by atoms with Crippen molar-refractivity contribution >= 4 is 15.7 Å². The second-order valence-electron chi connectivity index (χ2n) is 9.86. The van der Waals surface area contributed by atoms with Gasteiger partial charge in [-0.2, -0.15) is 0 Å². The maximum Gasteiger partial charge on any atom is 0.289 e. The molecule has 0 atom stereocenters. The molecular weight excluding hydrogens is 452 g/mol. The molecular formula is C26H38N2O5S. The van der Waals surface area contributed by atoms with Crippen molar-refractivity contribution in [2.24, 2.45) is 0 Å². The second-order valence-corrected chi connectivity index (χ2v) is 11.6. The lowest BCUT2D eigenvalue weighted by Gasteiger charge is -2.30. The van der Waals surface area contributed by atoms with Crippen molar-refractivity contribution in [1.82, 2.24) is 4.72 Å². The van der Waals surface area contributed by atoms with Crippen LogP contribution < -0.4 is 9.46 Å². The first-order chi connectivity index (χ1) is 15.9. The Bertz CT molecular complexity index is 1090. The largest absolute Gasteiger partial charge is 0.493 e. The molecule has 0 spiro atoms. The average Bonchev–Trinajstić information content (AvgIpc) is 2.81. The minimum absolute atomic E-state index is 0.0325. The van der Waals surface area contributed by atoms with Crippen LogP contribution in [0.4, 0.5) is 5.69 Å². The summed E-state index contributed by atoms with van der Waals surface area (Å²) in [6, 6.07) is 11.8. The highest BCUT2D eigenvalue weighted by Gasteiger charge is 2.27. The number of unbranched alkanes of at least 4 members (excludes halogenated alkanes) is 1. The van der Waals surface area contributed by atoms with E-state index in [9.17, 15) is 18.5 Å². The highest BCUT2D eigenvalue weighted by atomic mass is 32.2. The molecule has 0 unspecified atom stereocenters. The lowest BCUT2D eigenvalue weighted by atomic mass is 9.76. The molecule has 34 heavy (non-hydrogen) atoms. The number of benzene rings is 2. The molecule has 188 valence electrons. The Hall–Kier alpha value is -2.45. The fraction of sp³-hybridized carbons (Fsp3) is 0.538. The number of hydrogen-bond donors (Lipinski definition) is 1. The summed E-state index contributed by atoms with van der Waals surface area (Å²) >= 11 is 0. The number of ether oxygens (including phenoxy) is 1. The number of nitrogens with zero attached hydrogens (tertiary/aromatic N) is 1. The lowest BCUT2D eigenvalue weighted by Crippen LogP contribution is -2.26. The van der Waals surface area contributed by atoms with E-state index in [1.807, 2.05) is 0 Å². The van der Waals surface area contributed by atoms with E-state index >= 15 is 0 Å². The first-order valence-electron chi connectivity index (χ1n) is 11.9. The zero-order valence-electron chi connectivity index (χ0n) is 21.2. The maximum atomic E-state index is 12.5. The number of hydrogen-bond acceptors (Lipinski definition) is 5. The van der Waals surface area contributed by atoms with Gasteiger partial charge in [0.05, 0.1) is 11.5 Å². The molecule has 2 aromatic rings. The Morgan fingerprint density at radius 2 is 1.62 bits per heavy atom. The van der Waals surface area contributed by atoms with Crippen molar-refractivity contribution in [2.75, 3.05) is 13.2 Å². The van der Waals surface area contributed by atoms with Crippen LogP contribution in [0.1, 0.15) is 78.4 Å². The topological polar surface area (TPSA) is 98.5 Å². The summed E-state index contributed by atoms with van der Waals surface area (Å²) in [5.74, 6) is 0.864. The van der Waals surface area contributed by atoms with Crippen LogP contribution in [0.2, 0.25) is 0 Å². The molecule has 0 saturated carbocycles. The van der Waals surface area contributed by atoms with Gasteiger partial charge in [-0.3, -0.25) is 10.1 Å². The van der Waals surface area contributed by atoms with Gasteiger partial charge in [0.25, 0.3) is 5.69 Å². The highest BCUT2D eigenvalue weighted by molar-refractivity contribution is 7.89. The predicted molar refractivity (Wildman–Crippen MR) is 136 cm³/mol. The third-order valence-electron chi connectivity index (χ3n) is 6.73. The molecule has 1 N–H and O–H groups in total. The van der Waals surface area contributed by atoms with E-state index in [-0.39, 0.29) is 22.3 Å². The van der Waals surface area contributed by atoms with E-state index in [0.717, 1.165) is 18.6 Å². The molecule has 2 aromatic carbocycles. The van der Waals surface area contributed by atoms with E-state index in [0.29, 0.717) is 19.4 Å². The molecule has 0 bridgehead atoms. The predicted octanol–water partition coefficient (Wildman–Crippen LogP) is 6.11. The van der Waals surface area contributed by atoms with Gasteiger partial charge in [0, 0.05) is 18.2 Å². The minimum Gasteiger partial charge on any atom is -0.493 e. The quantitative estimate of drug-likeness (QED) is 0.208. The standard InChI is InChI=1S/C26H38N2O5S/c1-7-25(3,4)20-15-16-23(21(19-20)26(5,6)8-2)33-18-12-11-17-27-34(31,32)24-14-10-9-13-22(24)28(29)30/h9-10,13-16,19,27H,7-8,11-12,17-18H2,1-6H3. The van der Waals surface area contributed by atoms with Gasteiger partial charge < -0.3 is 4.74 Å². The van der Waals surface area contributed by atoms with Gasteiger partial charge in [0.15, 0.2) is 4.90 Å². The molecule has 7 nitrogen and oxygen atoms in total. The maximum absolute atomic E-state index is 12.5.